The van der Waals surface area contributed by atoms with Crippen molar-refractivity contribution in [3.05, 3.63) is 69.7 Å². The number of aliphatic hydroxyl groups is 1. The number of carbonyl (C=O) groups excluding carboxylic acids is 1. The minimum absolute atomic E-state index is 0.104. The molecule has 1 amide bonds. The van der Waals surface area contributed by atoms with Crippen LogP contribution in [0.25, 0.3) is 16.8 Å². The van der Waals surface area contributed by atoms with E-state index in [1.165, 1.54) is 53.8 Å². The van der Waals surface area contributed by atoms with Gasteiger partial charge < -0.3 is 20.5 Å². The van der Waals surface area contributed by atoms with Crippen LogP contribution in [0.15, 0.2) is 47.8 Å². The molecule has 4 aromatic rings. The zero-order valence-corrected chi connectivity index (χ0v) is 21.9. The molecule has 0 aliphatic rings. The second-order valence-corrected chi connectivity index (χ2v) is 9.34. The fourth-order valence-electron chi connectivity index (χ4n) is 3.86. The number of nitrogens with one attached hydrogen (secondary N) is 2. The smallest absolute Gasteiger partial charge is 0.278 e. The van der Waals surface area contributed by atoms with E-state index in [4.69, 9.17) is 16.3 Å². The molecule has 13 heteroatoms. The highest BCUT2D eigenvalue weighted by Crippen LogP contribution is 2.27. The quantitative estimate of drug-likeness (QED) is 0.293. The maximum Gasteiger partial charge on any atom is 0.278 e. The highest BCUT2D eigenvalue weighted by molar-refractivity contribution is 6.32. The van der Waals surface area contributed by atoms with Crippen LogP contribution in [-0.4, -0.2) is 54.9 Å². The summed E-state index contributed by atoms with van der Waals surface area (Å²) in [7, 11) is 1.38. The molecule has 0 unspecified atom stereocenters. The highest BCUT2D eigenvalue weighted by atomic mass is 35.5. The van der Waals surface area contributed by atoms with Crippen LogP contribution < -0.4 is 20.9 Å². The maximum absolute atomic E-state index is 14.0. The van der Waals surface area contributed by atoms with Crippen molar-refractivity contribution in [2.75, 3.05) is 19.0 Å². The van der Waals surface area contributed by atoms with Crippen LogP contribution in [0.5, 0.6) is 5.75 Å². The summed E-state index contributed by atoms with van der Waals surface area (Å²) in [6.07, 6.45) is 4.33. The van der Waals surface area contributed by atoms with Crippen LogP contribution in [-0.2, 0) is 4.79 Å². The molecule has 11 nitrogen and oxygen atoms in total. The molecule has 200 valence electrons. The Balaban J connectivity index is 1.62. The summed E-state index contributed by atoms with van der Waals surface area (Å²) in [5, 5.41) is 20.2. The van der Waals surface area contributed by atoms with E-state index in [1.807, 2.05) is 13.8 Å². The van der Waals surface area contributed by atoms with Gasteiger partial charge in [0, 0.05) is 23.9 Å². The second-order valence-electron chi connectivity index (χ2n) is 8.94. The van der Waals surface area contributed by atoms with Crippen LogP contribution in [0.3, 0.4) is 0 Å². The third kappa shape index (κ3) is 5.60. The first-order valence-corrected chi connectivity index (χ1v) is 12.1. The van der Waals surface area contributed by atoms with Gasteiger partial charge in [-0.2, -0.15) is 5.10 Å². The van der Waals surface area contributed by atoms with Crippen LogP contribution in [0, 0.1) is 5.82 Å². The predicted octanol–water partition coefficient (Wildman–Crippen LogP) is 2.99. The fourth-order valence-corrected chi connectivity index (χ4v) is 4.06. The highest BCUT2D eigenvalue weighted by Gasteiger charge is 2.23. The average molecular weight is 544 g/mol. The molecule has 2 atom stereocenters. The van der Waals surface area contributed by atoms with Gasteiger partial charge in [0.25, 0.3) is 5.56 Å². The molecule has 3 N–H and O–H groups in total. The first kappa shape index (κ1) is 27.0. The van der Waals surface area contributed by atoms with Crippen LogP contribution >= 0.6 is 11.6 Å². The van der Waals surface area contributed by atoms with Crippen molar-refractivity contribution in [3.63, 3.8) is 0 Å². The summed E-state index contributed by atoms with van der Waals surface area (Å²) in [5.41, 5.74) is 0.999. The normalized spacial score (nSPS) is 12.9. The van der Waals surface area contributed by atoms with Crippen molar-refractivity contribution < 1.29 is 19.0 Å². The first-order chi connectivity index (χ1) is 18.1. The Kier molecular flexibility index (Phi) is 7.93. The van der Waals surface area contributed by atoms with Gasteiger partial charge in [0.05, 0.1) is 36.7 Å². The molecule has 0 aliphatic heterocycles. The molecular formula is C25H27ClFN7O4. The molecule has 4 rings (SSSR count). The minimum atomic E-state index is -0.993. The van der Waals surface area contributed by atoms with E-state index in [2.05, 4.69) is 25.7 Å². The summed E-state index contributed by atoms with van der Waals surface area (Å²) >= 11 is 6.33. The number of amides is 1. The van der Waals surface area contributed by atoms with Gasteiger partial charge in [-0.05, 0) is 44.5 Å². The monoisotopic (exact) mass is 543 g/mol. The Hall–Kier alpha value is -4.03. The van der Waals surface area contributed by atoms with Gasteiger partial charge in [-0.25, -0.2) is 18.9 Å². The Morgan fingerprint density at radius 3 is 2.68 bits per heavy atom. The van der Waals surface area contributed by atoms with Gasteiger partial charge in [0.2, 0.25) is 11.9 Å². The number of methoxy groups -OCH3 is 1. The lowest BCUT2D eigenvalue weighted by Gasteiger charge is -2.21. The molecular weight excluding hydrogens is 517 g/mol. The Bertz CT molecular complexity index is 1540. The zero-order chi connectivity index (χ0) is 27.6. The summed E-state index contributed by atoms with van der Waals surface area (Å²) in [4.78, 5) is 34.9. The largest absolute Gasteiger partial charge is 0.497 e. The van der Waals surface area contributed by atoms with E-state index in [-0.39, 0.29) is 17.3 Å². The van der Waals surface area contributed by atoms with Crippen molar-refractivity contribution in [2.24, 2.45) is 0 Å². The lowest BCUT2D eigenvalue weighted by molar-refractivity contribution is -0.125. The molecule has 0 spiro atoms. The van der Waals surface area contributed by atoms with Gasteiger partial charge in [0.15, 0.2) is 0 Å². The molecule has 38 heavy (non-hydrogen) atoms. The van der Waals surface area contributed by atoms with Crippen molar-refractivity contribution >= 4 is 29.0 Å². The van der Waals surface area contributed by atoms with Gasteiger partial charge in [0.1, 0.15) is 29.5 Å². The predicted molar refractivity (Wildman–Crippen MR) is 140 cm³/mol. The number of ether oxygens (including phenoxy) is 1. The van der Waals surface area contributed by atoms with Gasteiger partial charge in [-0.15, -0.1) is 0 Å². The van der Waals surface area contributed by atoms with E-state index in [9.17, 15) is 19.1 Å². The number of hydrogen-bond acceptors (Lipinski definition) is 8. The number of hydrogen-bond donors (Lipinski definition) is 3. The SMILES string of the molecule is COc1cc(F)cc([C@@H](CO)NC(=O)[C@H](C)n2cnn3cc(-c4nc(NC(C)C)ncc4Cl)cc3c2=O)c1. The number of rotatable bonds is 9. The number of nitrogens with zero attached hydrogens (tertiary/aromatic N) is 5. The van der Waals surface area contributed by atoms with Gasteiger partial charge >= 0.3 is 0 Å². The van der Waals surface area contributed by atoms with E-state index in [1.54, 1.807) is 12.3 Å². The average Bonchev–Trinajstić information content (AvgIpc) is 3.32. The van der Waals surface area contributed by atoms with E-state index in [0.717, 1.165) is 0 Å². The Labute approximate surface area is 222 Å². The summed E-state index contributed by atoms with van der Waals surface area (Å²) < 4.78 is 21.6. The lowest BCUT2D eigenvalue weighted by Crippen LogP contribution is -2.39. The van der Waals surface area contributed by atoms with E-state index < -0.39 is 36.0 Å². The van der Waals surface area contributed by atoms with Crippen molar-refractivity contribution in [2.45, 2.75) is 38.9 Å². The standard InChI is InChI=1S/C25H27ClFN7O4/c1-13(2)30-25-28-9-19(26)22(32-25)16-7-21-24(37)33(12-29-34(21)10-16)14(3)23(36)31-20(11-35)15-5-17(27)8-18(6-15)38-4/h5-10,12-14,20,35H,11H2,1-4H3,(H,31,36)(H,28,30,32)/t14-,20+/m0/s1. The molecule has 0 fully saturated rings. The zero-order valence-electron chi connectivity index (χ0n) is 21.1. The molecule has 3 aromatic heterocycles. The van der Waals surface area contributed by atoms with Crippen LogP contribution in [0.2, 0.25) is 5.02 Å². The van der Waals surface area contributed by atoms with Gasteiger partial charge in [-0.3, -0.25) is 14.2 Å². The number of fused-ring (bicyclic) bond motifs is 1. The van der Waals surface area contributed by atoms with Crippen molar-refractivity contribution in [1.29, 1.82) is 0 Å². The number of aromatic nitrogens is 5. The topological polar surface area (TPSA) is 136 Å². The van der Waals surface area contributed by atoms with Crippen molar-refractivity contribution in [1.82, 2.24) is 29.5 Å². The third-order valence-electron chi connectivity index (χ3n) is 5.82. The van der Waals surface area contributed by atoms with Crippen LogP contribution in [0.1, 0.15) is 38.4 Å². The maximum atomic E-state index is 14.0. The molecule has 0 saturated heterocycles. The van der Waals surface area contributed by atoms with Crippen molar-refractivity contribution in [3.8, 4) is 17.0 Å². The second kappa shape index (κ2) is 11.2. The first-order valence-electron chi connectivity index (χ1n) is 11.8. The number of anilines is 1. The number of halogens is 2. The minimum Gasteiger partial charge on any atom is -0.497 e. The Morgan fingerprint density at radius 2 is 2.00 bits per heavy atom. The molecule has 0 bridgehead atoms. The summed E-state index contributed by atoms with van der Waals surface area (Å²) in [6, 6.07) is 3.66. The fraction of sp³-hybridized carbons (Fsp3) is 0.320. The number of aliphatic hydroxyl groups excluding tert-OH is 1. The van der Waals surface area contributed by atoms with Crippen LogP contribution in [0.4, 0.5) is 10.3 Å². The van der Waals surface area contributed by atoms with E-state index in [0.29, 0.717) is 27.8 Å². The molecule has 3 heterocycles. The third-order valence-corrected chi connectivity index (χ3v) is 6.09. The molecule has 0 saturated carbocycles. The van der Waals surface area contributed by atoms with Gasteiger partial charge in [-0.1, -0.05) is 11.6 Å². The summed E-state index contributed by atoms with van der Waals surface area (Å²) in [5.74, 6) is -0.521. The lowest BCUT2D eigenvalue weighted by atomic mass is 10.1. The molecule has 0 radical (unpaired) electrons. The molecule has 1 aromatic carbocycles. The molecule has 0 aliphatic carbocycles. The summed E-state index contributed by atoms with van der Waals surface area (Å²) in [6.45, 7) is 4.93. The van der Waals surface area contributed by atoms with E-state index >= 15 is 0 Å². The number of benzene rings is 1. The number of carbonyl (C=O) groups is 1. The Morgan fingerprint density at radius 1 is 1.24 bits per heavy atom.